The van der Waals surface area contributed by atoms with E-state index in [1.165, 1.54) is 24.8 Å². The second kappa shape index (κ2) is 8.98. The van der Waals surface area contributed by atoms with Crippen LogP contribution in [-0.4, -0.2) is 13.2 Å². The Morgan fingerprint density at radius 1 is 1.11 bits per heavy atom. The monoisotopic (exact) mass is 263 g/mol. The van der Waals surface area contributed by atoms with Crippen LogP contribution >= 0.6 is 0 Å². The Kier molecular flexibility index (Phi) is 7.57. The minimum atomic E-state index is 0.463. The lowest BCUT2D eigenvalue weighted by Crippen LogP contribution is -2.23. The van der Waals surface area contributed by atoms with Gasteiger partial charge in [-0.25, -0.2) is 0 Å². The van der Waals surface area contributed by atoms with Crippen LogP contribution in [0.5, 0.6) is 5.75 Å². The summed E-state index contributed by atoms with van der Waals surface area (Å²) in [6.07, 6.45) is 3.61. The Bertz CT molecular complexity index is 334. The summed E-state index contributed by atoms with van der Waals surface area (Å²) in [5.74, 6) is 1.71. The molecule has 0 aromatic heterocycles. The molecule has 0 aliphatic heterocycles. The highest BCUT2D eigenvalue weighted by atomic mass is 16.5. The predicted octanol–water partition coefficient (Wildman–Crippen LogP) is 4.56. The number of rotatable bonds is 9. The van der Waals surface area contributed by atoms with Gasteiger partial charge in [0.05, 0.1) is 6.61 Å². The summed E-state index contributed by atoms with van der Waals surface area (Å²) in [5, 5.41) is 3.66. The van der Waals surface area contributed by atoms with Gasteiger partial charge in [-0.05, 0) is 49.9 Å². The maximum atomic E-state index is 5.50. The highest BCUT2D eigenvalue weighted by Gasteiger charge is 2.13. The van der Waals surface area contributed by atoms with Crippen molar-refractivity contribution in [3.63, 3.8) is 0 Å². The molecule has 2 heteroatoms. The summed E-state index contributed by atoms with van der Waals surface area (Å²) in [4.78, 5) is 0. The maximum absolute atomic E-state index is 5.50. The number of nitrogens with one attached hydrogen (secondary N) is 1. The van der Waals surface area contributed by atoms with E-state index in [0.29, 0.717) is 6.04 Å². The Labute approximate surface area is 118 Å². The standard InChI is InChI=1S/C17H29NO/c1-5-12-18-17(13-14(4)6-2)15-8-10-16(11-9-15)19-7-3/h8-11,14,17-18H,5-7,12-13H2,1-4H3. The molecular weight excluding hydrogens is 234 g/mol. The smallest absolute Gasteiger partial charge is 0.119 e. The van der Waals surface area contributed by atoms with E-state index in [4.69, 9.17) is 4.74 Å². The molecule has 2 nitrogen and oxygen atoms in total. The van der Waals surface area contributed by atoms with Crippen molar-refractivity contribution in [3.05, 3.63) is 29.8 Å². The first-order valence-electron chi connectivity index (χ1n) is 7.67. The van der Waals surface area contributed by atoms with E-state index in [0.717, 1.165) is 24.8 Å². The second-order valence-electron chi connectivity index (χ2n) is 5.26. The van der Waals surface area contributed by atoms with Crippen molar-refractivity contribution >= 4 is 0 Å². The summed E-state index contributed by atoms with van der Waals surface area (Å²) in [5.41, 5.74) is 1.37. The first-order valence-corrected chi connectivity index (χ1v) is 7.67. The molecule has 0 aliphatic rings. The van der Waals surface area contributed by atoms with Crippen molar-refractivity contribution in [1.82, 2.24) is 5.32 Å². The zero-order valence-corrected chi connectivity index (χ0v) is 12.9. The number of hydrogen-bond acceptors (Lipinski definition) is 2. The molecule has 0 spiro atoms. The maximum Gasteiger partial charge on any atom is 0.119 e. The Hall–Kier alpha value is -1.02. The largest absolute Gasteiger partial charge is 0.494 e. The van der Waals surface area contributed by atoms with E-state index in [1.54, 1.807) is 0 Å². The minimum absolute atomic E-state index is 0.463. The first-order chi connectivity index (χ1) is 9.21. The zero-order valence-electron chi connectivity index (χ0n) is 12.9. The lowest BCUT2D eigenvalue weighted by Gasteiger charge is -2.22. The lowest BCUT2D eigenvalue weighted by molar-refractivity contribution is 0.339. The fraction of sp³-hybridized carbons (Fsp3) is 0.647. The molecule has 1 aromatic carbocycles. The topological polar surface area (TPSA) is 21.3 Å². The van der Waals surface area contributed by atoms with Crippen molar-refractivity contribution < 1.29 is 4.74 Å². The normalized spacial score (nSPS) is 14.1. The molecule has 19 heavy (non-hydrogen) atoms. The third-order valence-electron chi connectivity index (χ3n) is 3.57. The molecule has 0 saturated carbocycles. The van der Waals surface area contributed by atoms with Crippen LogP contribution in [-0.2, 0) is 0 Å². The van der Waals surface area contributed by atoms with Crippen LogP contribution in [0.15, 0.2) is 24.3 Å². The third kappa shape index (κ3) is 5.65. The van der Waals surface area contributed by atoms with Crippen LogP contribution in [0.4, 0.5) is 0 Å². The second-order valence-corrected chi connectivity index (χ2v) is 5.26. The van der Waals surface area contributed by atoms with E-state index >= 15 is 0 Å². The zero-order chi connectivity index (χ0) is 14.1. The molecule has 0 radical (unpaired) electrons. The highest BCUT2D eigenvalue weighted by molar-refractivity contribution is 5.29. The van der Waals surface area contributed by atoms with Crippen LogP contribution in [0.3, 0.4) is 0 Å². The SMILES string of the molecule is CCCNC(CC(C)CC)c1ccc(OCC)cc1. The van der Waals surface area contributed by atoms with Crippen molar-refractivity contribution in [2.75, 3.05) is 13.2 Å². The Morgan fingerprint density at radius 3 is 2.32 bits per heavy atom. The van der Waals surface area contributed by atoms with Gasteiger partial charge in [-0.15, -0.1) is 0 Å². The summed E-state index contributed by atoms with van der Waals surface area (Å²) >= 11 is 0. The molecule has 108 valence electrons. The van der Waals surface area contributed by atoms with Crippen LogP contribution in [0.25, 0.3) is 0 Å². The van der Waals surface area contributed by atoms with Crippen LogP contribution < -0.4 is 10.1 Å². The van der Waals surface area contributed by atoms with Crippen LogP contribution in [0.2, 0.25) is 0 Å². The highest BCUT2D eigenvalue weighted by Crippen LogP contribution is 2.25. The van der Waals surface area contributed by atoms with Gasteiger partial charge in [-0.2, -0.15) is 0 Å². The molecule has 1 aromatic rings. The van der Waals surface area contributed by atoms with Crippen molar-refractivity contribution in [2.24, 2.45) is 5.92 Å². The van der Waals surface area contributed by atoms with Crippen molar-refractivity contribution in [2.45, 2.75) is 53.0 Å². The number of ether oxygens (including phenoxy) is 1. The lowest BCUT2D eigenvalue weighted by atomic mass is 9.94. The summed E-state index contributed by atoms with van der Waals surface area (Å²) in [6.45, 7) is 10.6. The molecule has 0 bridgehead atoms. The predicted molar refractivity (Wildman–Crippen MR) is 82.7 cm³/mol. The van der Waals surface area contributed by atoms with Crippen molar-refractivity contribution in [3.8, 4) is 5.75 Å². The average Bonchev–Trinajstić information content (AvgIpc) is 2.44. The molecule has 1 N–H and O–H groups in total. The van der Waals surface area contributed by atoms with Gasteiger partial charge in [0, 0.05) is 6.04 Å². The van der Waals surface area contributed by atoms with Gasteiger partial charge in [0.15, 0.2) is 0 Å². The molecular formula is C17H29NO. The van der Waals surface area contributed by atoms with Gasteiger partial charge >= 0.3 is 0 Å². The number of benzene rings is 1. The number of hydrogen-bond donors (Lipinski definition) is 1. The molecule has 0 aliphatic carbocycles. The van der Waals surface area contributed by atoms with Gasteiger partial charge in [0.1, 0.15) is 5.75 Å². The molecule has 1 rings (SSSR count). The fourth-order valence-corrected chi connectivity index (χ4v) is 2.19. The van der Waals surface area contributed by atoms with Gasteiger partial charge in [0.2, 0.25) is 0 Å². The van der Waals surface area contributed by atoms with Crippen molar-refractivity contribution in [1.29, 1.82) is 0 Å². The summed E-state index contributed by atoms with van der Waals surface area (Å²) < 4.78 is 5.50. The average molecular weight is 263 g/mol. The third-order valence-corrected chi connectivity index (χ3v) is 3.57. The van der Waals surface area contributed by atoms with E-state index in [9.17, 15) is 0 Å². The molecule has 2 unspecified atom stereocenters. The molecule has 0 fully saturated rings. The molecule has 0 saturated heterocycles. The van der Waals surface area contributed by atoms with Crippen LogP contribution in [0, 0.1) is 5.92 Å². The van der Waals surface area contributed by atoms with Gasteiger partial charge in [-0.1, -0.05) is 39.3 Å². The van der Waals surface area contributed by atoms with Gasteiger partial charge in [-0.3, -0.25) is 0 Å². The van der Waals surface area contributed by atoms with Crippen LogP contribution in [0.1, 0.15) is 58.6 Å². The fourth-order valence-electron chi connectivity index (χ4n) is 2.19. The summed E-state index contributed by atoms with van der Waals surface area (Å²) in [6, 6.07) is 9.01. The first kappa shape index (κ1) is 16.0. The van der Waals surface area contributed by atoms with Gasteiger partial charge < -0.3 is 10.1 Å². The molecule has 2 atom stereocenters. The molecule has 0 amide bonds. The quantitative estimate of drug-likeness (QED) is 0.705. The summed E-state index contributed by atoms with van der Waals surface area (Å²) in [7, 11) is 0. The Balaban J connectivity index is 2.71. The Morgan fingerprint density at radius 2 is 1.79 bits per heavy atom. The van der Waals surface area contributed by atoms with E-state index in [2.05, 4.69) is 50.4 Å². The molecule has 0 heterocycles. The van der Waals surface area contributed by atoms with E-state index in [-0.39, 0.29) is 0 Å². The van der Waals surface area contributed by atoms with E-state index in [1.807, 2.05) is 6.92 Å². The van der Waals surface area contributed by atoms with Gasteiger partial charge in [0.25, 0.3) is 0 Å². The van der Waals surface area contributed by atoms with E-state index < -0.39 is 0 Å². The minimum Gasteiger partial charge on any atom is -0.494 e.